The van der Waals surface area contributed by atoms with Gasteiger partial charge in [-0.25, -0.2) is 0 Å². The first-order valence-corrected chi connectivity index (χ1v) is 9.03. The monoisotopic (exact) mass is 363 g/mol. The zero-order chi connectivity index (χ0) is 17.1. The van der Waals surface area contributed by atoms with Crippen LogP contribution in [0.1, 0.15) is 17.2 Å². The lowest BCUT2D eigenvalue weighted by molar-refractivity contribution is -0.108. The van der Waals surface area contributed by atoms with Crippen LogP contribution < -0.4 is 10.2 Å². The number of hydrogen-bond acceptors (Lipinski definition) is 5. The van der Waals surface area contributed by atoms with E-state index in [-0.39, 0.29) is 0 Å². The molecule has 3 atom stereocenters. The standard InChI is InChI=1S/C17H17ClN2O3S/c18-13-7-5-12(6-8-13)16(24(22)23)9-10-20-15-4-2-1-3-14(15)19-17(20)11-21/h1-8,11,16-17,19H,9-10H2,(H,22,23)/p-1. The topological polar surface area (TPSA) is 72.5 Å². The number of benzene rings is 2. The van der Waals surface area contributed by atoms with Crippen molar-refractivity contribution in [3.63, 3.8) is 0 Å². The van der Waals surface area contributed by atoms with E-state index in [4.69, 9.17) is 11.6 Å². The molecule has 24 heavy (non-hydrogen) atoms. The van der Waals surface area contributed by atoms with E-state index in [1.54, 1.807) is 24.3 Å². The van der Waals surface area contributed by atoms with E-state index in [0.717, 1.165) is 17.7 Å². The molecular weight excluding hydrogens is 348 g/mol. The summed E-state index contributed by atoms with van der Waals surface area (Å²) < 4.78 is 23.3. The maximum atomic E-state index is 11.6. The van der Waals surface area contributed by atoms with E-state index in [0.29, 0.717) is 23.6 Å². The zero-order valence-electron chi connectivity index (χ0n) is 12.7. The van der Waals surface area contributed by atoms with Crippen LogP contribution in [0, 0.1) is 0 Å². The van der Waals surface area contributed by atoms with Crippen LogP contribution in [0.4, 0.5) is 11.4 Å². The Morgan fingerprint density at radius 3 is 2.62 bits per heavy atom. The third-order valence-electron chi connectivity index (χ3n) is 4.09. The SMILES string of the molecule is O=CC1Nc2ccccc2N1CCC(c1ccc(Cl)cc1)S(=O)[O-]. The van der Waals surface area contributed by atoms with Crippen LogP contribution in [0.5, 0.6) is 0 Å². The largest absolute Gasteiger partial charge is 0.772 e. The van der Waals surface area contributed by atoms with Gasteiger partial charge in [-0.2, -0.15) is 0 Å². The summed E-state index contributed by atoms with van der Waals surface area (Å²) in [7, 11) is 0. The van der Waals surface area contributed by atoms with Gasteiger partial charge in [0.25, 0.3) is 0 Å². The molecule has 3 rings (SSSR count). The second kappa shape index (κ2) is 7.34. The number of fused-ring (bicyclic) bond motifs is 1. The Labute approximate surface area is 147 Å². The van der Waals surface area contributed by atoms with Crippen LogP contribution in [0.15, 0.2) is 48.5 Å². The second-order valence-electron chi connectivity index (χ2n) is 5.53. The summed E-state index contributed by atoms with van der Waals surface area (Å²) in [5.41, 5.74) is 2.47. The minimum absolute atomic E-state index is 0.373. The number of nitrogens with zero attached hydrogens (tertiary/aromatic N) is 1. The maximum Gasteiger partial charge on any atom is 0.162 e. The summed E-state index contributed by atoms with van der Waals surface area (Å²) in [6, 6.07) is 14.4. The summed E-state index contributed by atoms with van der Waals surface area (Å²) in [4.78, 5) is 13.2. The average Bonchev–Trinajstić information content (AvgIpc) is 2.94. The lowest BCUT2D eigenvalue weighted by Crippen LogP contribution is -2.38. The molecule has 126 valence electrons. The average molecular weight is 364 g/mol. The van der Waals surface area contributed by atoms with E-state index < -0.39 is 22.5 Å². The highest BCUT2D eigenvalue weighted by Crippen LogP contribution is 2.35. The summed E-state index contributed by atoms with van der Waals surface area (Å²) in [6.45, 7) is 0.439. The second-order valence-corrected chi connectivity index (χ2v) is 7.05. The Kier molecular flexibility index (Phi) is 5.18. The van der Waals surface area contributed by atoms with E-state index in [9.17, 15) is 13.6 Å². The molecule has 5 nitrogen and oxygen atoms in total. The number of carbonyl (C=O) groups excluding carboxylic acids is 1. The molecule has 2 aromatic carbocycles. The van der Waals surface area contributed by atoms with Gasteiger partial charge in [-0.1, -0.05) is 35.9 Å². The fourth-order valence-electron chi connectivity index (χ4n) is 2.91. The first-order valence-electron chi connectivity index (χ1n) is 7.51. The molecule has 0 aliphatic carbocycles. The zero-order valence-corrected chi connectivity index (χ0v) is 14.3. The molecule has 0 bridgehead atoms. The maximum absolute atomic E-state index is 11.6. The number of carbonyl (C=O) groups is 1. The lowest BCUT2D eigenvalue weighted by atomic mass is 10.1. The Bertz CT molecular complexity index is 754. The number of para-hydroxylation sites is 2. The molecular formula is C17H16ClN2O3S-. The molecule has 1 N–H and O–H groups in total. The molecule has 2 aromatic rings. The molecule has 1 aliphatic heterocycles. The number of anilines is 2. The number of aldehydes is 1. The predicted octanol–water partition coefficient (Wildman–Crippen LogP) is 3.11. The van der Waals surface area contributed by atoms with Crippen molar-refractivity contribution in [3.8, 4) is 0 Å². The quantitative estimate of drug-likeness (QED) is 0.630. The van der Waals surface area contributed by atoms with Gasteiger partial charge in [0.1, 0.15) is 0 Å². The summed E-state index contributed by atoms with van der Waals surface area (Å²) >= 11 is 3.60. The first kappa shape index (κ1) is 17.0. The number of halogens is 1. The molecule has 0 amide bonds. The van der Waals surface area contributed by atoms with Crippen LogP contribution in [-0.4, -0.2) is 27.8 Å². The Balaban J connectivity index is 1.78. The first-order chi connectivity index (χ1) is 11.6. The summed E-state index contributed by atoms with van der Waals surface area (Å²) in [5.74, 6) is 0. The molecule has 0 spiro atoms. The Hall–Kier alpha value is -1.89. The van der Waals surface area contributed by atoms with Crippen molar-refractivity contribution in [1.82, 2.24) is 0 Å². The van der Waals surface area contributed by atoms with Gasteiger partial charge in [-0.15, -0.1) is 0 Å². The van der Waals surface area contributed by atoms with Crippen molar-refractivity contribution in [2.45, 2.75) is 17.8 Å². The van der Waals surface area contributed by atoms with Gasteiger partial charge in [0.2, 0.25) is 0 Å². The van der Waals surface area contributed by atoms with E-state index >= 15 is 0 Å². The molecule has 0 fully saturated rings. The van der Waals surface area contributed by atoms with E-state index in [1.807, 2.05) is 29.2 Å². The fraction of sp³-hybridized carbons (Fsp3) is 0.235. The van der Waals surface area contributed by atoms with Crippen molar-refractivity contribution in [3.05, 3.63) is 59.1 Å². The van der Waals surface area contributed by atoms with Crippen molar-refractivity contribution in [1.29, 1.82) is 0 Å². The summed E-state index contributed by atoms with van der Waals surface area (Å²) in [5, 5.41) is 3.03. The smallest absolute Gasteiger partial charge is 0.162 e. The minimum atomic E-state index is -2.26. The summed E-state index contributed by atoms with van der Waals surface area (Å²) in [6.07, 6.45) is 0.720. The van der Waals surface area contributed by atoms with E-state index in [1.165, 1.54) is 0 Å². The van der Waals surface area contributed by atoms with Gasteiger partial charge >= 0.3 is 0 Å². The van der Waals surface area contributed by atoms with Crippen LogP contribution in [-0.2, 0) is 15.9 Å². The van der Waals surface area contributed by atoms with Gasteiger partial charge in [0.15, 0.2) is 12.5 Å². The molecule has 1 aliphatic rings. The van der Waals surface area contributed by atoms with Crippen LogP contribution >= 0.6 is 11.6 Å². The highest BCUT2D eigenvalue weighted by Gasteiger charge is 2.28. The molecule has 0 aromatic heterocycles. The Morgan fingerprint density at radius 2 is 1.96 bits per heavy atom. The van der Waals surface area contributed by atoms with Crippen molar-refractivity contribution in [2.75, 3.05) is 16.8 Å². The lowest BCUT2D eigenvalue weighted by Gasteiger charge is -2.27. The van der Waals surface area contributed by atoms with Crippen molar-refractivity contribution in [2.24, 2.45) is 0 Å². The minimum Gasteiger partial charge on any atom is -0.772 e. The highest BCUT2D eigenvalue weighted by atomic mass is 35.5. The molecule has 7 heteroatoms. The van der Waals surface area contributed by atoms with E-state index in [2.05, 4.69) is 5.32 Å². The van der Waals surface area contributed by atoms with Crippen LogP contribution in [0.2, 0.25) is 5.02 Å². The van der Waals surface area contributed by atoms with Gasteiger partial charge in [-0.05, 0) is 47.3 Å². The van der Waals surface area contributed by atoms with Gasteiger partial charge < -0.3 is 14.8 Å². The van der Waals surface area contributed by atoms with Gasteiger partial charge in [0, 0.05) is 16.8 Å². The molecule has 1 heterocycles. The highest BCUT2D eigenvalue weighted by molar-refractivity contribution is 7.79. The van der Waals surface area contributed by atoms with Gasteiger partial charge in [-0.3, -0.25) is 9.00 Å². The third-order valence-corrected chi connectivity index (χ3v) is 5.31. The normalized spacial score (nSPS) is 18.6. The number of nitrogens with one attached hydrogen (secondary N) is 1. The number of hydrogen-bond donors (Lipinski definition) is 1. The molecule has 0 saturated carbocycles. The van der Waals surface area contributed by atoms with Crippen molar-refractivity contribution >= 4 is 40.3 Å². The fourth-order valence-corrected chi connectivity index (χ4v) is 3.71. The third kappa shape index (κ3) is 3.45. The van der Waals surface area contributed by atoms with Crippen LogP contribution in [0.3, 0.4) is 0 Å². The molecule has 0 radical (unpaired) electrons. The number of rotatable bonds is 6. The molecule has 0 saturated heterocycles. The van der Waals surface area contributed by atoms with Crippen molar-refractivity contribution < 1.29 is 13.6 Å². The Morgan fingerprint density at radius 1 is 1.25 bits per heavy atom. The van der Waals surface area contributed by atoms with Crippen LogP contribution in [0.25, 0.3) is 0 Å². The van der Waals surface area contributed by atoms with Gasteiger partial charge in [0.05, 0.1) is 11.4 Å². The predicted molar refractivity (Wildman–Crippen MR) is 95.0 cm³/mol. The molecule has 3 unspecified atom stereocenters.